The van der Waals surface area contributed by atoms with Crippen LogP contribution in [-0.2, 0) is 10.1 Å². The second-order valence-electron chi connectivity index (χ2n) is 1.69. The van der Waals surface area contributed by atoms with Gasteiger partial charge in [0.2, 0.25) is 0 Å². The van der Waals surface area contributed by atoms with Crippen LogP contribution in [0.15, 0.2) is 0 Å². The Balaban J connectivity index is 0. The van der Waals surface area contributed by atoms with Gasteiger partial charge in [-0.15, -0.1) is 0 Å². The summed E-state index contributed by atoms with van der Waals surface area (Å²) in [6.07, 6.45) is 0.161. The van der Waals surface area contributed by atoms with Crippen molar-refractivity contribution in [2.75, 3.05) is 0 Å². The molecule has 0 radical (unpaired) electrons. The second kappa shape index (κ2) is 6.41. The van der Waals surface area contributed by atoms with Crippen molar-refractivity contribution in [3.8, 4) is 0 Å². The van der Waals surface area contributed by atoms with Crippen molar-refractivity contribution in [3.63, 3.8) is 0 Å². The summed E-state index contributed by atoms with van der Waals surface area (Å²) in [6, 6.07) is 0. The molecule has 0 bridgehead atoms. The first-order chi connectivity index (χ1) is 3.98. The fourth-order valence-corrected chi connectivity index (χ4v) is 0.896. The van der Waals surface area contributed by atoms with Crippen LogP contribution in [0.3, 0.4) is 0 Å². The maximum absolute atomic E-state index is 12.0. The summed E-state index contributed by atoms with van der Waals surface area (Å²) in [5, 5.41) is 0. The second-order valence-corrected chi connectivity index (χ2v) is 3.19. The van der Waals surface area contributed by atoms with Gasteiger partial charge < -0.3 is 4.55 Å². The van der Waals surface area contributed by atoms with Crippen molar-refractivity contribution in [3.05, 3.63) is 0 Å². The van der Waals surface area contributed by atoms with Crippen LogP contribution in [0.5, 0.6) is 0 Å². The summed E-state index contributed by atoms with van der Waals surface area (Å²) < 4.78 is 41.4. The van der Waals surface area contributed by atoms with E-state index in [9.17, 15) is 17.4 Å². The van der Waals surface area contributed by atoms with Gasteiger partial charge in [-0.2, -0.15) is 0 Å². The largest absolute Gasteiger partial charge is 1.00 e. The van der Waals surface area contributed by atoms with E-state index in [1.807, 2.05) is 0 Å². The molecule has 1 atom stereocenters. The van der Waals surface area contributed by atoms with E-state index in [1.54, 1.807) is 6.92 Å². The molecule has 0 N–H and O–H groups in total. The average molecular weight is 288 g/mol. The molecule has 0 saturated carbocycles. The Bertz CT molecular complexity index is 167. The van der Waals surface area contributed by atoms with Gasteiger partial charge in [-0.05, 0) is 6.42 Å². The maximum atomic E-state index is 12.0. The van der Waals surface area contributed by atoms with Crippen LogP contribution in [0.1, 0.15) is 19.8 Å². The fourth-order valence-electron chi connectivity index (χ4n) is 0.371. The van der Waals surface area contributed by atoms with E-state index >= 15 is 0 Å². The first-order valence-electron chi connectivity index (χ1n) is 2.57. The van der Waals surface area contributed by atoms with Crippen LogP contribution in [-0.4, -0.2) is 18.5 Å². The van der Waals surface area contributed by atoms with E-state index in [0.717, 1.165) is 0 Å². The monoisotopic (exact) mass is 288 g/mol. The van der Waals surface area contributed by atoms with Gasteiger partial charge in [-0.25, -0.2) is 12.8 Å². The molecule has 0 fully saturated rings. The van der Waals surface area contributed by atoms with Crippen molar-refractivity contribution in [1.82, 2.24) is 0 Å². The van der Waals surface area contributed by atoms with Crippen LogP contribution >= 0.6 is 0 Å². The van der Waals surface area contributed by atoms with Gasteiger partial charge >= 0.3 is 68.9 Å². The molecule has 3 nitrogen and oxygen atoms in total. The molecule has 0 heterocycles. The summed E-state index contributed by atoms with van der Waals surface area (Å²) in [7, 11) is -4.68. The van der Waals surface area contributed by atoms with Crippen LogP contribution in [0.25, 0.3) is 0 Å². The molecule has 0 aliphatic rings. The average Bonchev–Trinajstić information content (AvgIpc) is 1.64. The van der Waals surface area contributed by atoms with Gasteiger partial charge in [-0.1, -0.05) is 13.3 Å². The number of hydrogen-bond donors (Lipinski definition) is 0. The molecule has 0 rings (SSSR count). The molecule has 56 valence electrons. The van der Waals surface area contributed by atoms with Crippen molar-refractivity contribution in [2.45, 2.75) is 25.3 Å². The summed E-state index contributed by atoms with van der Waals surface area (Å²) >= 11 is 0. The smallest absolute Gasteiger partial charge is 0.746 e. The Labute approximate surface area is 119 Å². The van der Waals surface area contributed by atoms with Gasteiger partial charge in [0.05, 0.1) is 0 Å². The predicted molar refractivity (Wildman–Crippen MR) is 29.5 cm³/mol. The molecular weight excluding hydrogens is 280 g/mol. The maximum Gasteiger partial charge on any atom is 1.00 e. The predicted octanol–water partition coefficient (Wildman–Crippen LogP) is -2.37. The van der Waals surface area contributed by atoms with Crippen molar-refractivity contribution in [2.24, 2.45) is 0 Å². The number of halogens is 1. The number of hydrogen-bond acceptors (Lipinski definition) is 3. The van der Waals surface area contributed by atoms with Gasteiger partial charge in [-0.3, -0.25) is 0 Å². The van der Waals surface area contributed by atoms with Gasteiger partial charge in [0, 0.05) is 0 Å². The first kappa shape index (κ1) is 14.4. The molecule has 0 spiro atoms. The zero-order chi connectivity index (χ0) is 7.49. The number of rotatable bonds is 3. The summed E-state index contributed by atoms with van der Waals surface area (Å²) in [5.41, 5.74) is -2.22. The molecule has 0 saturated heterocycles. The SMILES string of the molecule is CCCC(F)S(=O)(=O)[O-].[Cs+]. The van der Waals surface area contributed by atoms with Gasteiger partial charge in [0.1, 0.15) is 10.1 Å². The van der Waals surface area contributed by atoms with E-state index in [1.165, 1.54) is 0 Å². The third kappa shape index (κ3) is 6.59. The Morgan fingerprint density at radius 2 is 2.00 bits per heavy atom. The molecule has 10 heavy (non-hydrogen) atoms. The minimum Gasteiger partial charge on any atom is -0.746 e. The molecular formula is C4H8CsFO3S. The van der Waals surface area contributed by atoms with Gasteiger partial charge in [0.25, 0.3) is 0 Å². The Morgan fingerprint density at radius 1 is 1.60 bits per heavy atom. The third-order valence-corrected chi connectivity index (χ3v) is 1.69. The Kier molecular flexibility index (Phi) is 9.25. The van der Waals surface area contributed by atoms with E-state index < -0.39 is 15.6 Å². The summed E-state index contributed by atoms with van der Waals surface area (Å²) in [5.74, 6) is 0. The molecule has 0 amide bonds. The van der Waals surface area contributed by atoms with E-state index in [2.05, 4.69) is 0 Å². The summed E-state index contributed by atoms with van der Waals surface area (Å²) in [6.45, 7) is 1.61. The first-order valence-corrected chi connectivity index (χ1v) is 4.04. The van der Waals surface area contributed by atoms with Crippen molar-refractivity contribution < 1.29 is 86.3 Å². The van der Waals surface area contributed by atoms with Crippen molar-refractivity contribution >= 4 is 10.1 Å². The fraction of sp³-hybridized carbons (Fsp3) is 1.00. The zero-order valence-corrected chi connectivity index (χ0v) is 13.1. The Hall–Kier alpha value is 1.89. The Morgan fingerprint density at radius 3 is 2.10 bits per heavy atom. The molecule has 0 aliphatic heterocycles. The standard InChI is InChI=1S/C4H9FO3S.Cs/c1-2-3-4(5)9(6,7)8;/h4H,2-3H2,1H3,(H,6,7,8);/q;+1/p-1. The quantitative estimate of drug-likeness (QED) is 0.546. The van der Waals surface area contributed by atoms with Crippen LogP contribution in [0.2, 0.25) is 0 Å². The molecule has 6 heteroatoms. The van der Waals surface area contributed by atoms with E-state index in [4.69, 9.17) is 0 Å². The topological polar surface area (TPSA) is 57.2 Å². The molecule has 0 aliphatic carbocycles. The van der Waals surface area contributed by atoms with Crippen LogP contribution in [0, 0.1) is 0 Å². The molecule has 0 aromatic heterocycles. The summed E-state index contributed by atoms with van der Waals surface area (Å²) in [4.78, 5) is 0. The van der Waals surface area contributed by atoms with Crippen molar-refractivity contribution in [1.29, 1.82) is 0 Å². The third-order valence-electron chi connectivity index (χ3n) is 0.829. The van der Waals surface area contributed by atoms with Gasteiger partial charge in [0.15, 0.2) is 5.50 Å². The van der Waals surface area contributed by atoms with Crippen LogP contribution in [0.4, 0.5) is 4.39 Å². The minimum atomic E-state index is -4.68. The van der Waals surface area contributed by atoms with E-state index in [-0.39, 0.29) is 75.3 Å². The van der Waals surface area contributed by atoms with Crippen LogP contribution < -0.4 is 68.9 Å². The number of alkyl halides is 1. The molecule has 0 aromatic carbocycles. The molecule has 0 aromatic rings. The normalized spacial score (nSPS) is 13.9. The zero-order valence-electron chi connectivity index (χ0n) is 6.00. The minimum absolute atomic E-state index is 0. The van der Waals surface area contributed by atoms with E-state index in [0.29, 0.717) is 6.42 Å². The molecule has 1 unspecified atom stereocenters.